The number of likely N-dealkylation sites (N-methyl/N-ethyl adjacent to an activating group) is 1. The second-order valence-corrected chi connectivity index (χ2v) is 8.96. The average molecular weight is 449 g/mol. The summed E-state index contributed by atoms with van der Waals surface area (Å²) in [6, 6.07) is 0. The molecule has 0 bridgehead atoms. The van der Waals surface area contributed by atoms with Gasteiger partial charge in [0.05, 0.1) is 40.6 Å². The molecule has 0 aromatic carbocycles. The molecule has 174 valence electrons. The molecule has 2 atom stereocenters. The summed E-state index contributed by atoms with van der Waals surface area (Å²) in [7, 11) is 1.10. The van der Waals surface area contributed by atoms with Gasteiger partial charge in [0.15, 0.2) is 6.10 Å². The first-order valence-electron chi connectivity index (χ1n) is 10.0. The van der Waals surface area contributed by atoms with Gasteiger partial charge in [0.1, 0.15) is 19.8 Å². The lowest BCUT2D eigenvalue weighted by Gasteiger charge is -2.28. The van der Waals surface area contributed by atoms with Gasteiger partial charge in [0.25, 0.3) is 7.82 Å². The molecule has 0 heterocycles. The first-order chi connectivity index (χ1) is 14.0. The van der Waals surface area contributed by atoms with Gasteiger partial charge >= 0.3 is 11.9 Å². The average Bonchev–Trinajstić information content (AvgIpc) is 2.63. The normalized spacial score (nSPS) is 15.3. The lowest BCUT2D eigenvalue weighted by atomic mass is 10.3. The molecule has 0 aliphatic heterocycles. The van der Waals surface area contributed by atoms with Crippen molar-refractivity contribution in [3.05, 3.63) is 24.3 Å². The van der Waals surface area contributed by atoms with E-state index in [1.807, 2.05) is 41.1 Å². The molecular formula is C20H36NO8P. The van der Waals surface area contributed by atoms with Gasteiger partial charge in [-0.05, 0) is 12.8 Å². The van der Waals surface area contributed by atoms with E-state index in [2.05, 4.69) is 0 Å². The van der Waals surface area contributed by atoms with E-state index in [1.54, 1.807) is 18.2 Å². The standard InChI is InChI=1S/C20H36NO8P/c1-6-8-10-12-19(22)26-16-18(29-20(23)13-11-9-7-2)17-28-30(24,25)27-15-14-21(3,4)5/h8-11,18H,6-7,12-17H2,1-5H3/b10-8-,11-9-. The number of hydrogen-bond donors (Lipinski definition) is 0. The molecule has 0 rings (SSSR count). The summed E-state index contributed by atoms with van der Waals surface area (Å²) in [6.07, 6.45) is 7.53. The SMILES string of the molecule is CC/C=C\CC(=O)OCC(COP(=O)([O-])OCC[N+](C)(C)C)OC(=O)C/C=C\CC. The number of esters is 2. The Morgan fingerprint density at radius 3 is 2.03 bits per heavy atom. The van der Waals surface area contributed by atoms with E-state index >= 15 is 0 Å². The van der Waals surface area contributed by atoms with E-state index in [4.69, 9.17) is 18.5 Å². The van der Waals surface area contributed by atoms with E-state index in [9.17, 15) is 19.0 Å². The van der Waals surface area contributed by atoms with Crippen molar-refractivity contribution < 1.29 is 42.1 Å². The fourth-order valence-corrected chi connectivity index (χ4v) is 2.65. The van der Waals surface area contributed by atoms with Crippen LogP contribution in [0.5, 0.6) is 0 Å². The predicted octanol–water partition coefficient (Wildman–Crippen LogP) is 2.36. The topological polar surface area (TPSA) is 111 Å². The van der Waals surface area contributed by atoms with Crippen molar-refractivity contribution >= 4 is 19.8 Å². The van der Waals surface area contributed by atoms with Crippen LogP contribution >= 0.6 is 7.82 Å². The number of quaternary nitrogens is 1. The highest BCUT2D eigenvalue weighted by molar-refractivity contribution is 7.45. The van der Waals surface area contributed by atoms with Crippen LogP contribution in [0.3, 0.4) is 0 Å². The summed E-state index contributed by atoms with van der Waals surface area (Å²) in [5, 5.41) is 0. The number of ether oxygens (including phenoxy) is 2. The molecule has 30 heavy (non-hydrogen) atoms. The van der Waals surface area contributed by atoms with E-state index in [1.165, 1.54) is 0 Å². The van der Waals surface area contributed by atoms with Crippen molar-refractivity contribution in [1.82, 2.24) is 0 Å². The molecule has 10 heteroatoms. The largest absolute Gasteiger partial charge is 0.756 e. The molecule has 9 nitrogen and oxygen atoms in total. The number of carbonyl (C=O) groups excluding carboxylic acids is 2. The maximum absolute atomic E-state index is 11.9. The highest BCUT2D eigenvalue weighted by atomic mass is 31.2. The molecule has 0 aromatic rings. The van der Waals surface area contributed by atoms with Crippen LogP contribution in [-0.4, -0.2) is 70.0 Å². The number of allylic oxidation sites excluding steroid dienone is 2. The van der Waals surface area contributed by atoms with E-state index in [0.29, 0.717) is 11.0 Å². The molecule has 0 saturated carbocycles. The van der Waals surface area contributed by atoms with Gasteiger partial charge < -0.3 is 27.9 Å². The summed E-state index contributed by atoms with van der Waals surface area (Å²) in [5.41, 5.74) is 0. The first-order valence-corrected chi connectivity index (χ1v) is 11.5. The minimum absolute atomic E-state index is 0.0204. The van der Waals surface area contributed by atoms with Gasteiger partial charge in [-0.25, -0.2) is 0 Å². The maximum atomic E-state index is 11.9. The fraction of sp³-hybridized carbons (Fsp3) is 0.700. The van der Waals surface area contributed by atoms with Crippen molar-refractivity contribution in [3.63, 3.8) is 0 Å². The third kappa shape index (κ3) is 17.4. The Kier molecular flexibility index (Phi) is 14.5. The second-order valence-electron chi connectivity index (χ2n) is 7.55. The number of hydrogen-bond acceptors (Lipinski definition) is 8. The molecule has 0 radical (unpaired) electrons. The molecule has 0 N–H and O–H groups in total. The van der Waals surface area contributed by atoms with Gasteiger partial charge in [-0.2, -0.15) is 0 Å². The lowest BCUT2D eigenvalue weighted by Crippen LogP contribution is -2.37. The Balaban J connectivity index is 4.74. The van der Waals surface area contributed by atoms with E-state index in [-0.39, 0.29) is 26.1 Å². The number of rotatable bonds is 16. The van der Waals surface area contributed by atoms with Crippen LogP contribution in [0.1, 0.15) is 39.5 Å². The monoisotopic (exact) mass is 449 g/mol. The molecule has 0 amide bonds. The van der Waals surface area contributed by atoms with Gasteiger partial charge in [0, 0.05) is 0 Å². The quantitative estimate of drug-likeness (QED) is 0.153. The molecule has 0 spiro atoms. The Morgan fingerprint density at radius 2 is 1.50 bits per heavy atom. The maximum Gasteiger partial charge on any atom is 0.310 e. The van der Waals surface area contributed by atoms with Crippen LogP contribution in [0, 0.1) is 0 Å². The number of nitrogens with zero attached hydrogens (tertiary/aromatic N) is 1. The summed E-state index contributed by atoms with van der Waals surface area (Å²) in [5.74, 6) is -1.10. The van der Waals surface area contributed by atoms with Crippen molar-refractivity contribution in [3.8, 4) is 0 Å². The molecule has 0 aliphatic carbocycles. The highest BCUT2D eigenvalue weighted by Crippen LogP contribution is 2.38. The van der Waals surface area contributed by atoms with Crippen molar-refractivity contribution in [2.24, 2.45) is 0 Å². The van der Waals surface area contributed by atoms with Gasteiger partial charge in [0.2, 0.25) is 0 Å². The zero-order valence-electron chi connectivity index (χ0n) is 18.7. The zero-order valence-corrected chi connectivity index (χ0v) is 19.6. The van der Waals surface area contributed by atoms with Crippen LogP contribution in [0.25, 0.3) is 0 Å². The first kappa shape index (κ1) is 28.5. The zero-order chi connectivity index (χ0) is 23.0. The minimum atomic E-state index is -4.59. The van der Waals surface area contributed by atoms with Crippen molar-refractivity contribution in [1.29, 1.82) is 0 Å². The Morgan fingerprint density at radius 1 is 0.933 bits per heavy atom. The molecule has 0 aliphatic rings. The number of phosphoric acid groups is 1. The predicted molar refractivity (Wildman–Crippen MR) is 111 cm³/mol. The molecule has 0 saturated heterocycles. The molecule has 2 unspecified atom stereocenters. The minimum Gasteiger partial charge on any atom is -0.756 e. The smallest absolute Gasteiger partial charge is 0.310 e. The van der Waals surface area contributed by atoms with Crippen molar-refractivity contribution in [2.75, 3.05) is 47.5 Å². The van der Waals surface area contributed by atoms with Crippen LogP contribution < -0.4 is 4.89 Å². The van der Waals surface area contributed by atoms with Gasteiger partial charge in [-0.3, -0.25) is 14.2 Å². The third-order valence-corrected chi connectivity index (χ3v) is 4.50. The summed E-state index contributed by atoms with van der Waals surface area (Å²) < 4.78 is 32.4. The second kappa shape index (κ2) is 15.3. The number of phosphoric ester groups is 1. The highest BCUT2D eigenvalue weighted by Gasteiger charge is 2.21. The number of carbonyl (C=O) groups is 2. The molecular weight excluding hydrogens is 413 g/mol. The summed E-state index contributed by atoms with van der Waals surface area (Å²) in [6.45, 7) is 3.45. The lowest BCUT2D eigenvalue weighted by molar-refractivity contribution is -0.870. The Hall–Kier alpha value is -1.51. The van der Waals surface area contributed by atoms with E-state index < -0.39 is 32.5 Å². The van der Waals surface area contributed by atoms with Crippen LogP contribution in [0.4, 0.5) is 0 Å². The van der Waals surface area contributed by atoms with Crippen LogP contribution in [-0.2, 0) is 32.7 Å². The summed E-state index contributed by atoms with van der Waals surface area (Å²) >= 11 is 0. The van der Waals surface area contributed by atoms with Crippen molar-refractivity contribution in [2.45, 2.75) is 45.6 Å². The van der Waals surface area contributed by atoms with Crippen LogP contribution in [0.15, 0.2) is 24.3 Å². The Labute approximate surface area is 179 Å². The summed E-state index contributed by atoms with van der Waals surface area (Å²) in [4.78, 5) is 35.6. The third-order valence-electron chi connectivity index (χ3n) is 3.53. The fourth-order valence-electron chi connectivity index (χ4n) is 1.93. The Bertz CT molecular complexity index is 612. The van der Waals surface area contributed by atoms with Gasteiger partial charge in [-0.1, -0.05) is 38.2 Å². The van der Waals surface area contributed by atoms with Crippen LogP contribution in [0.2, 0.25) is 0 Å². The molecule has 0 fully saturated rings. The molecule has 0 aromatic heterocycles. The van der Waals surface area contributed by atoms with Gasteiger partial charge in [-0.15, -0.1) is 0 Å². The van der Waals surface area contributed by atoms with E-state index in [0.717, 1.165) is 12.8 Å².